The summed E-state index contributed by atoms with van der Waals surface area (Å²) in [6, 6.07) is 0. The molecule has 10 nitrogen and oxygen atoms in total. The van der Waals surface area contributed by atoms with E-state index >= 15 is 0 Å². The van der Waals surface area contributed by atoms with Gasteiger partial charge in [0.2, 0.25) is 0 Å². The predicted octanol–water partition coefficient (Wildman–Crippen LogP) is 1.63. The van der Waals surface area contributed by atoms with E-state index in [-0.39, 0.29) is 25.0 Å². The van der Waals surface area contributed by atoms with Gasteiger partial charge in [0, 0.05) is 22.9 Å². The molecule has 0 aromatic carbocycles. The topological polar surface area (TPSA) is 128 Å². The van der Waals surface area contributed by atoms with Gasteiger partial charge in [-0.2, -0.15) is 0 Å². The second-order valence-electron chi connectivity index (χ2n) is 6.61. The van der Waals surface area contributed by atoms with E-state index in [4.69, 9.17) is 0 Å². The Kier molecular flexibility index (Phi) is 5.52. The van der Waals surface area contributed by atoms with E-state index in [1.54, 1.807) is 27.7 Å². The van der Waals surface area contributed by atoms with Gasteiger partial charge in [0.1, 0.15) is 13.2 Å². The van der Waals surface area contributed by atoms with E-state index in [0.29, 0.717) is 12.8 Å². The summed E-state index contributed by atoms with van der Waals surface area (Å²) in [6.45, 7) is 6.44. The fourth-order valence-corrected chi connectivity index (χ4v) is 3.06. The van der Waals surface area contributed by atoms with Crippen LogP contribution in [0.25, 0.3) is 0 Å². The molecule has 1 aliphatic rings. The standard InChI is InChI=1S/C12H22N3O7/c1-11(2)9(7-21-14(17)18)5-6-10(8-22-15(19)20)12(3,4)13(11)16/h9-10H,5-8H2,1-4H3. The molecule has 127 valence electrons. The van der Waals surface area contributed by atoms with Crippen molar-refractivity contribution in [1.82, 2.24) is 5.06 Å². The third-order valence-electron chi connectivity index (χ3n) is 4.67. The Morgan fingerprint density at radius 1 is 0.955 bits per heavy atom. The number of hydroxylamine groups is 2. The van der Waals surface area contributed by atoms with Gasteiger partial charge < -0.3 is 9.68 Å². The molecule has 0 spiro atoms. The molecule has 2 atom stereocenters. The van der Waals surface area contributed by atoms with Crippen LogP contribution in [0.3, 0.4) is 0 Å². The monoisotopic (exact) mass is 320 g/mol. The van der Waals surface area contributed by atoms with Crippen LogP contribution < -0.4 is 0 Å². The van der Waals surface area contributed by atoms with Crippen LogP contribution in [0.4, 0.5) is 0 Å². The maximum Gasteiger partial charge on any atom is 0.294 e. The molecule has 0 aromatic rings. The highest BCUT2D eigenvalue weighted by atomic mass is 17.0. The van der Waals surface area contributed by atoms with Crippen molar-refractivity contribution in [3.05, 3.63) is 20.2 Å². The molecule has 10 heteroatoms. The summed E-state index contributed by atoms with van der Waals surface area (Å²) in [7, 11) is 0. The van der Waals surface area contributed by atoms with Gasteiger partial charge in [0.05, 0.1) is 0 Å². The van der Waals surface area contributed by atoms with E-state index in [0.717, 1.165) is 5.06 Å². The average molecular weight is 320 g/mol. The van der Waals surface area contributed by atoms with Crippen LogP contribution in [0, 0.1) is 32.1 Å². The van der Waals surface area contributed by atoms with Crippen molar-refractivity contribution < 1.29 is 25.1 Å². The van der Waals surface area contributed by atoms with Crippen molar-refractivity contribution in [3.8, 4) is 0 Å². The lowest BCUT2D eigenvalue weighted by atomic mass is 9.85. The van der Waals surface area contributed by atoms with Crippen molar-refractivity contribution >= 4 is 0 Å². The van der Waals surface area contributed by atoms with Crippen LogP contribution in [-0.2, 0) is 14.9 Å². The highest BCUT2D eigenvalue weighted by Gasteiger charge is 2.50. The second kappa shape index (κ2) is 6.61. The molecule has 0 N–H and O–H groups in total. The van der Waals surface area contributed by atoms with Gasteiger partial charge in [-0.05, 0) is 40.5 Å². The summed E-state index contributed by atoms with van der Waals surface area (Å²) >= 11 is 0. The minimum atomic E-state index is -0.900. The number of hydrogen-bond donors (Lipinski definition) is 0. The van der Waals surface area contributed by atoms with Crippen molar-refractivity contribution in [2.24, 2.45) is 11.8 Å². The first kappa shape index (κ1) is 18.4. The van der Waals surface area contributed by atoms with E-state index in [1.165, 1.54) is 0 Å². The molecule has 0 amide bonds. The largest absolute Gasteiger partial charge is 0.314 e. The normalized spacial score (nSPS) is 27.7. The lowest BCUT2D eigenvalue weighted by molar-refractivity contribution is -0.759. The van der Waals surface area contributed by atoms with Gasteiger partial charge >= 0.3 is 0 Å². The second-order valence-corrected chi connectivity index (χ2v) is 6.61. The first-order chi connectivity index (χ1) is 9.99. The molecular formula is C12H22N3O7. The first-order valence-corrected chi connectivity index (χ1v) is 7.01. The van der Waals surface area contributed by atoms with Gasteiger partial charge in [-0.3, -0.25) is 0 Å². The van der Waals surface area contributed by atoms with Crippen molar-refractivity contribution in [2.45, 2.75) is 51.6 Å². The van der Waals surface area contributed by atoms with Gasteiger partial charge in [0.15, 0.2) is 0 Å². The molecule has 0 saturated carbocycles. The van der Waals surface area contributed by atoms with Crippen LogP contribution in [0.15, 0.2) is 0 Å². The van der Waals surface area contributed by atoms with E-state index in [2.05, 4.69) is 9.68 Å². The fourth-order valence-electron chi connectivity index (χ4n) is 3.06. The van der Waals surface area contributed by atoms with Gasteiger partial charge in [-0.1, -0.05) is 0 Å². The quantitative estimate of drug-likeness (QED) is 0.537. The highest BCUT2D eigenvalue weighted by Crippen LogP contribution is 2.42. The zero-order valence-electron chi connectivity index (χ0n) is 13.2. The molecule has 1 aliphatic heterocycles. The summed E-state index contributed by atoms with van der Waals surface area (Å²) in [4.78, 5) is 29.7. The molecule has 1 rings (SSSR count). The third-order valence-corrected chi connectivity index (χ3v) is 4.67. The summed E-state index contributed by atoms with van der Waals surface area (Å²) in [5.74, 6) is -0.731. The first-order valence-electron chi connectivity index (χ1n) is 7.01. The van der Waals surface area contributed by atoms with Gasteiger partial charge in [-0.25, -0.2) is 0 Å². The van der Waals surface area contributed by atoms with E-state index in [9.17, 15) is 25.4 Å². The minimum Gasteiger partial charge on any atom is -0.314 e. The molecule has 1 heterocycles. The molecule has 1 saturated heterocycles. The Balaban J connectivity index is 2.94. The van der Waals surface area contributed by atoms with Gasteiger partial charge in [-0.15, -0.1) is 30.5 Å². The molecule has 0 aliphatic carbocycles. The highest BCUT2D eigenvalue weighted by molar-refractivity contribution is 4.98. The van der Waals surface area contributed by atoms with E-state index < -0.39 is 21.3 Å². The van der Waals surface area contributed by atoms with Crippen LogP contribution >= 0.6 is 0 Å². The predicted molar refractivity (Wildman–Crippen MR) is 72.8 cm³/mol. The average Bonchev–Trinajstić information content (AvgIpc) is 2.44. The number of rotatable bonds is 6. The maximum atomic E-state index is 12.8. The number of hydrogen-bond acceptors (Lipinski definition) is 7. The molecule has 0 aromatic heterocycles. The van der Waals surface area contributed by atoms with Crippen molar-refractivity contribution in [3.63, 3.8) is 0 Å². The third kappa shape index (κ3) is 3.95. The fraction of sp³-hybridized carbons (Fsp3) is 1.00. The summed E-state index contributed by atoms with van der Waals surface area (Å²) in [5.41, 5.74) is -1.80. The van der Waals surface area contributed by atoms with Crippen LogP contribution in [0.1, 0.15) is 40.5 Å². The zero-order valence-corrected chi connectivity index (χ0v) is 13.2. The lowest BCUT2D eigenvalue weighted by Gasteiger charge is -2.45. The lowest BCUT2D eigenvalue weighted by Crippen LogP contribution is -2.58. The molecule has 1 radical (unpaired) electrons. The Bertz CT molecular complexity index is 389. The summed E-state index contributed by atoms with van der Waals surface area (Å²) in [5, 5.41) is 32.6. The maximum absolute atomic E-state index is 12.8. The smallest absolute Gasteiger partial charge is 0.294 e. The Hall–Kier alpha value is -1.68. The molecular weight excluding hydrogens is 298 g/mol. The zero-order chi connectivity index (χ0) is 17.1. The van der Waals surface area contributed by atoms with Crippen molar-refractivity contribution in [2.75, 3.05) is 13.2 Å². The van der Waals surface area contributed by atoms with Crippen LogP contribution in [-0.4, -0.2) is 39.5 Å². The Morgan fingerprint density at radius 2 is 1.27 bits per heavy atom. The van der Waals surface area contributed by atoms with E-state index in [1.807, 2.05) is 0 Å². The molecule has 2 unspecified atom stereocenters. The molecule has 1 fully saturated rings. The Labute approximate surface area is 128 Å². The molecule has 22 heavy (non-hydrogen) atoms. The van der Waals surface area contributed by atoms with Gasteiger partial charge in [0.25, 0.3) is 10.2 Å². The number of nitrogens with zero attached hydrogens (tertiary/aromatic N) is 3. The molecule has 0 bridgehead atoms. The van der Waals surface area contributed by atoms with Crippen molar-refractivity contribution in [1.29, 1.82) is 0 Å². The van der Waals surface area contributed by atoms with Crippen LogP contribution in [0.5, 0.6) is 0 Å². The van der Waals surface area contributed by atoms with Crippen LogP contribution in [0.2, 0.25) is 0 Å². The Morgan fingerprint density at radius 3 is 1.55 bits per heavy atom. The SMILES string of the molecule is CC1(C)C(CO[N+](=O)[O-])CCC(CO[N+](=O)[O-])C(C)(C)N1[O]. The summed E-state index contributed by atoms with van der Waals surface area (Å²) in [6.07, 6.45) is 0.962. The summed E-state index contributed by atoms with van der Waals surface area (Å²) < 4.78 is 0. The minimum absolute atomic E-state index is 0.183.